The van der Waals surface area contributed by atoms with Gasteiger partial charge in [0.25, 0.3) is 5.56 Å². The number of nitrogens with two attached hydrogens (primary N) is 1. The molecule has 100 valence electrons. The van der Waals surface area contributed by atoms with Gasteiger partial charge in [0.15, 0.2) is 0 Å². The maximum absolute atomic E-state index is 11.7. The van der Waals surface area contributed by atoms with Crippen LogP contribution in [-0.4, -0.2) is 23.6 Å². The predicted molar refractivity (Wildman–Crippen MR) is 74.3 cm³/mol. The Labute approximate surface area is 111 Å². The van der Waals surface area contributed by atoms with E-state index in [0.29, 0.717) is 30.2 Å². The van der Waals surface area contributed by atoms with Gasteiger partial charge in [0.2, 0.25) is 0 Å². The third-order valence-electron chi connectivity index (χ3n) is 2.80. The number of hydrogen-bond acceptors (Lipinski definition) is 4. The van der Waals surface area contributed by atoms with Gasteiger partial charge in [0, 0.05) is 18.1 Å². The number of rotatable bonds is 4. The van der Waals surface area contributed by atoms with Crippen LogP contribution in [0.2, 0.25) is 0 Å². The highest BCUT2D eigenvalue weighted by atomic mass is 16.5. The second-order valence-electron chi connectivity index (χ2n) is 4.32. The molecule has 2 rings (SSSR count). The molecule has 0 bridgehead atoms. The highest BCUT2D eigenvalue weighted by molar-refractivity contribution is 5.67. The van der Waals surface area contributed by atoms with Gasteiger partial charge in [-0.25, -0.2) is 4.98 Å². The summed E-state index contributed by atoms with van der Waals surface area (Å²) < 4.78 is 5.32. The molecule has 19 heavy (non-hydrogen) atoms. The number of nitrogens with one attached hydrogen (secondary N) is 1. The van der Waals surface area contributed by atoms with E-state index in [2.05, 4.69) is 9.97 Å². The monoisotopic (exact) mass is 259 g/mol. The van der Waals surface area contributed by atoms with Crippen molar-refractivity contribution in [1.82, 2.24) is 9.97 Å². The van der Waals surface area contributed by atoms with Crippen molar-refractivity contribution in [2.45, 2.75) is 13.3 Å². The molecule has 0 radical (unpaired) electrons. The Kier molecular flexibility index (Phi) is 3.97. The molecule has 1 aromatic carbocycles. The minimum atomic E-state index is -0.183. The molecule has 2 aromatic rings. The number of hydrogen-bond donors (Lipinski definition) is 2. The normalized spacial score (nSPS) is 10.5. The van der Waals surface area contributed by atoms with Crippen molar-refractivity contribution in [3.05, 3.63) is 46.0 Å². The molecule has 5 nitrogen and oxygen atoms in total. The third kappa shape index (κ3) is 3.00. The van der Waals surface area contributed by atoms with E-state index in [0.717, 1.165) is 11.1 Å². The smallest absolute Gasteiger partial charge is 0.251 e. The Morgan fingerprint density at radius 1 is 1.37 bits per heavy atom. The number of aryl methyl sites for hydroxylation is 1. The maximum Gasteiger partial charge on any atom is 0.251 e. The van der Waals surface area contributed by atoms with Crippen LogP contribution in [0.1, 0.15) is 11.4 Å². The van der Waals surface area contributed by atoms with Crippen LogP contribution in [0.5, 0.6) is 5.75 Å². The van der Waals surface area contributed by atoms with Crippen molar-refractivity contribution in [2.24, 2.45) is 5.73 Å². The van der Waals surface area contributed by atoms with E-state index in [4.69, 9.17) is 10.5 Å². The fourth-order valence-electron chi connectivity index (χ4n) is 1.92. The average molecular weight is 259 g/mol. The molecule has 0 unspecified atom stereocenters. The number of aromatic amines is 1. The van der Waals surface area contributed by atoms with Gasteiger partial charge >= 0.3 is 0 Å². The Morgan fingerprint density at radius 3 is 2.84 bits per heavy atom. The lowest BCUT2D eigenvalue weighted by Crippen LogP contribution is -2.14. The van der Waals surface area contributed by atoms with Crippen molar-refractivity contribution >= 4 is 0 Å². The second kappa shape index (κ2) is 5.67. The van der Waals surface area contributed by atoms with Gasteiger partial charge in [-0.15, -0.1) is 0 Å². The average Bonchev–Trinajstić information content (AvgIpc) is 2.38. The highest BCUT2D eigenvalue weighted by Crippen LogP contribution is 2.28. The molecule has 0 aliphatic heterocycles. The van der Waals surface area contributed by atoms with Crippen LogP contribution in [0.25, 0.3) is 11.3 Å². The summed E-state index contributed by atoms with van der Waals surface area (Å²) in [5.74, 6) is 1.29. The maximum atomic E-state index is 11.7. The summed E-state index contributed by atoms with van der Waals surface area (Å²) in [4.78, 5) is 18.8. The summed E-state index contributed by atoms with van der Waals surface area (Å²) >= 11 is 0. The number of ether oxygens (including phenoxy) is 1. The lowest BCUT2D eigenvalue weighted by molar-refractivity contribution is 0.416. The Morgan fingerprint density at radius 2 is 2.16 bits per heavy atom. The van der Waals surface area contributed by atoms with Gasteiger partial charge in [-0.3, -0.25) is 4.79 Å². The summed E-state index contributed by atoms with van der Waals surface area (Å²) in [7, 11) is 1.60. The van der Waals surface area contributed by atoms with Gasteiger partial charge in [-0.1, -0.05) is 11.6 Å². The molecule has 0 atom stereocenters. The molecule has 0 saturated carbocycles. The van der Waals surface area contributed by atoms with Crippen molar-refractivity contribution in [2.75, 3.05) is 13.7 Å². The predicted octanol–water partition coefficient (Wildman–Crippen LogP) is 1.26. The molecule has 0 aliphatic rings. The van der Waals surface area contributed by atoms with E-state index in [9.17, 15) is 4.79 Å². The van der Waals surface area contributed by atoms with Gasteiger partial charge in [-0.05, 0) is 25.6 Å². The van der Waals surface area contributed by atoms with Crippen LogP contribution < -0.4 is 16.0 Å². The number of methoxy groups -OCH3 is 1. The minimum Gasteiger partial charge on any atom is -0.496 e. The topological polar surface area (TPSA) is 81.0 Å². The molecule has 0 amide bonds. The molecule has 5 heteroatoms. The van der Waals surface area contributed by atoms with Gasteiger partial charge < -0.3 is 15.5 Å². The van der Waals surface area contributed by atoms with Gasteiger partial charge in [0.1, 0.15) is 11.6 Å². The van der Waals surface area contributed by atoms with Crippen LogP contribution in [0, 0.1) is 6.92 Å². The SMILES string of the molecule is COc1ccc(C)cc1-c1cc(=O)[nH]c(CCN)n1. The molecule has 0 spiro atoms. The van der Waals surface area contributed by atoms with E-state index < -0.39 is 0 Å². The Bertz CT molecular complexity index is 635. The molecule has 0 aliphatic carbocycles. The first-order valence-electron chi connectivity index (χ1n) is 6.09. The molecule has 1 heterocycles. The van der Waals surface area contributed by atoms with E-state index in [-0.39, 0.29) is 5.56 Å². The lowest BCUT2D eigenvalue weighted by atomic mass is 10.1. The van der Waals surface area contributed by atoms with Crippen molar-refractivity contribution in [3.63, 3.8) is 0 Å². The second-order valence-corrected chi connectivity index (χ2v) is 4.32. The number of benzene rings is 1. The van der Waals surface area contributed by atoms with Crippen LogP contribution >= 0.6 is 0 Å². The van der Waals surface area contributed by atoms with Crippen LogP contribution in [0.3, 0.4) is 0 Å². The summed E-state index contributed by atoms with van der Waals surface area (Å²) in [6, 6.07) is 7.25. The van der Waals surface area contributed by atoms with Gasteiger partial charge in [0.05, 0.1) is 12.8 Å². The quantitative estimate of drug-likeness (QED) is 0.866. The van der Waals surface area contributed by atoms with Crippen LogP contribution in [-0.2, 0) is 6.42 Å². The zero-order valence-corrected chi connectivity index (χ0v) is 11.1. The van der Waals surface area contributed by atoms with Crippen molar-refractivity contribution in [3.8, 4) is 17.0 Å². The third-order valence-corrected chi connectivity index (χ3v) is 2.80. The fourth-order valence-corrected chi connectivity index (χ4v) is 1.92. The molecule has 0 saturated heterocycles. The molecule has 3 N–H and O–H groups in total. The van der Waals surface area contributed by atoms with Crippen molar-refractivity contribution in [1.29, 1.82) is 0 Å². The summed E-state index contributed by atoms with van der Waals surface area (Å²) in [6.07, 6.45) is 0.539. The fraction of sp³-hybridized carbons (Fsp3) is 0.286. The number of H-pyrrole nitrogens is 1. The summed E-state index contributed by atoms with van der Waals surface area (Å²) in [5, 5.41) is 0. The Hall–Kier alpha value is -2.14. The first-order valence-corrected chi connectivity index (χ1v) is 6.09. The Balaban J connectivity index is 2.57. The van der Waals surface area contributed by atoms with Gasteiger partial charge in [-0.2, -0.15) is 0 Å². The van der Waals surface area contributed by atoms with Crippen molar-refractivity contribution < 1.29 is 4.74 Å². The zero-order chi connectivity index (χ0) is 13.8. The zero-order valence-electron chi connectivity index (χ0n) is 11.1. The molecular weight excluding hydrogens is 242 g/mol. The molecule has 0 fully saturated rings. The van der Waals surface area contributed by atoms with Crippen LogP contribution in [0.15, 0.2) is 29.1 Å². The largest absolute Gasteiger partial charge is 0.496 e. The van der Waals surface area contributed by atoms with E-state index in [1.165, 1.54) is 6.07 Å². The first kappa shape index (κ1) is 13.3. The first-order chi connectivity index (χ1) is 9.13. The summed E-state index contributed by atoms with van der Waals surface area (Å²) in [6.45, 7) is 2.42. The highest BCUT2D eigenvalue weighted by Gasteiger charge is 2.09. The van der Waals surface area contributed by atoms with Crippen LogP contribution in [0.4, 0.5) is 0 Å². The summed E-state index contributed by atoms with van der Waals surface area (Å²) in [5.41, 5.74) is 7.81. The number of nitrogens with zero attached hydrogens (tertiary/aromatic N) is 1. The van der Waals surface area contributed by atoms with E-state index in [1.54, 1.807) is 7.11 Å². The number of aromatic nitrogens is 2. The van der Waals surface area contributed by atoms with E-state index in [1.807, 2.05) is 25.1 Å². The standard InChI is InChI=1S/C14H17N3O2/c1-9-3-4-12(19-2)10(7-9)11-8-14(18)17-13(16-11)5-6-15/h3-4,7-8H,5-6,15H2,1-2H3,(H,16,17,18). The molecular formula is C14H17N3O2. The van der Waals surface area contributed by atoms with E-state index >= 15 is 0 Å². The minimum absolute atomic E-state index is 0.183. The lowest BCUT2D eigenvalue weighted by Gasteiger charge is -2.09. The molecule has 1 aromatic heterocycles.